The van der Waals surface area contributed by atoms with Gasteiger partial charge < -0.3 is 9.47 Å². The van der Waals surface area contributed by atoms with E-state index in [1.54, 1.807) is 6.20 Å². The Bertz CT molecular complexity index is 893. The van der Waals surface area contributed by atoms with Gasteiger partial charge in [-0.1, -0.05) is 6.07 Å². The Morgan fingerprint density at radius 3 is 2.38 bits per heavy atom. The van der Waals surface area contributed by atoms with Crippen molar-refractivity contribution < 1.29 is 4.79 Å². The van der Waals surface area contributed by atoms with Gasteiger partial charge in [0.1, 0.15) is 0 Å². The molecule has 1 amide bonds. The standard InChI is InChI=1S/C22H23N3O/c1-16-8-9-17(2)25(16)19-12-10-18(11-13-19)22(26)24-15-5-7-21(24)20-6-3-4-14-23-20/h3-4,6,8-14,21H,5,7,15H2,1-2H3. The summed E-state index contributed by atoms with van der Waals surface area (Å²) in [5.74, 6) is 0.0886. The third kappa shape index (κ3) is 2.92. The minimum atomic E-state index is 0.0808. The van der Waals surface area contributed by atoms with Crippen LogP contribution in [0.4, 0.5) is 0 Å². The lowest BCUT2D eigenvalue weighted by Crippen LogP contribution is -2.30. The molecule has 1 fully saturated rings. The third-order valence-corrected chi connectivity index (χ3v) is 5.19. The average Bonchev–Trinajstić information content (AvgIpc) is 3.29. The van der Waals surface area contributed by atoms with Crippen LogP contribution >= 0.6 is 0 Å². The number of amides is 1. The van der Waals surface area contributed by atoms with E-state index in [4.69, 9.17) is 0 Å². The molecule has 1 aliphatic rings. The van der Waals surface area contributed by atoms with E-state index in [0.717, 1.165) is 36.3 Å². The van der Waals surface area contributed by atoms with E-state index in [2.05, 4.69) is 35.5 Å². The van der Waals surface area contributed by atoms with Crippen molar-refractivity contribution in [1.29, 1.82) is 0 Å². The van der Waals surface area contributed by atoms with Crippen LogP contribution in [0.25, 0.3) is 5.69 Å². The monoisotopic (exact) mass is 345 g/mol. The molecule has 4 rings (SSSR count). The van der Waals surface area contributed by atoms with Gasteiger partial charge in [0.05, 0.1) is 11.7 Å². The molecular weight excluding hydrogens is 322 g/mol. The van der Waals surface area contributed by atoms with E-state index >= 15 is 0 Å². The highest BCUT2D eigenvalue weighted by atomic mass is 16.2. The fraction of sp³-hybridized carbons (Fsp3) is 0.273. The van der Waals surface area contributed by atoms with Crippen molar-refractivity contribution in [3.05, 3.63) is 83.4 Å². The van der Waals surface area contributed by atoms with E-state index in [0.29, 0.717) is 0 Å². The van der Waals surface area contributed by atoms with Gasteiger partial charge in [0.15, 0.2) is 0 Å². The number of hydrogen-bond acceptors (Lipinski definition) is 2. The van der Waals surface area contributed by atoms with Crippen LogP contribution in [0.2, 0.25) is 0 Å². The van der Waals surface area contributed by atoms with E-state index in [9.17, 15) is 4.79 Å². The molecule has 4 nitrogen and oxygen atoms in total. The van der Waals surface area contributed by atoms with Crippen LogP contribution < -0.4 is 0 Å². The largest absolute Gasteiger partial charge is 0.330 e. The van der Waals surface area contributed by atoms with Crippen LogP contribution in [-0.2, 0) is 0 Å². The predicted molar refractivity (Wildman–Crippen MR) is 102 cm³/mol. The lowest BCUT2D eigenvalue weighted by atomic mass is 10.1. The smallest absolute Gasteiger partial charge is 0.254 e. The molecule has 0 saturated carbocycles. The Balaban J connectivity index is 1.58. The van der Waals surface area contributed by atoms with Crippen LogP contribution in [0, 0.1) is 13.8 Å². The second kappa shape index (κ2) is 6.79. The number of carbonyl (C=O) groups excluding carboxylic acids is 1. The molecule has 3 aromatic rings. The number of likely N-dealkylation sites (tertiary alicyclic amines) is 1. The van der Waals surface area contributed by atoms with Gasteiger partial charge >= 0.3 is 0 Å². The molecule has 0 radical (unpaired) electrons. The van der Waals surface area contributed by atoms with Crippen LogP contribution in [0.3, 0.4) is 0 Å². The Morgan fingerprint density at radius 1 is 1.00 bits per heavy atom. The summed E-state index contributed by atoms with van der Waals surface area (Å²) >= 11 is 0. The molecule has 1 unspecified atom stereocenters. The first kappa shape index (κ1) is 16.6. The molecule has 0 spiro atoms. The van der Waals surface area contributed by atoms with Crippen molar-refractivity contribution in [1.82, 2.24) is 14.5 Å². The van der Waals surface area contributed by atoms with Crippen molar-refractivity contribution in [3.8, 4) is 5.69 Å². The second-order valence-electron chi connectivity index (χ2n) is 6.91. The number of rotatable bonds is 3. The van der Waals surface area contributed by atoms with Crippen LogP contribution in [0.5, 0.6) is 0 Å². The van der Waals surface area contributed by atoms with E-state index in [1.807, 2.05) is 47.4 Å². The van der Waals surface area contributed by atoms with E-state index in [-0.39, 0.29) is 11.9 Å². The van der Waals surface area contributed by atoms with Crippen molar-refractivity contribution >= 4 is 5.91 Å². The number of aryl methyl sites for hydroxylation is 2. The maximum atomic E-state index is 13.1. The Labute approximate surface area is 154 Å². The molecule has 132 valence electrons. The average molecular weight is 345 g/mol. The van der Waals surface area contributed by atoms with Crippen molar-refractivity contribution in [2.45, 2.75) is 32.7 Å². The van der Waals surface area contributed by atoms with Crippen LogP contribution in [-0.4, -0.2) is 26.9 Å². The summed E-state index contributed by atoms with van der Waals surface area (Å²) in [6.07, 6.45) is 3.79. The first-order valence-corrected chi connectivity index (χ1v) is 9.12. The summed E-state index contributed by atoms with van der Waals surface area (Å²) in [7, 11) is 0. The van der Waals surface area contributed by atoms with Crippen LogP contribution in [0.15, 0.2) is 60.8 Å². The Kier molecular flexibility index (Phi) is 4.33. The maximum Gasteiger partial charge on any atom is 0.254 e. The van der Waals surface area contributed by atoms with Gasteiger partial charge in [-0.05, 0) is 75.2 Å². The van der Waals surface area contributed by atoms with Gasteiger partial charge in [-0.15, -0.1) is 0 Å². The predicted octanol–water partition coefficient (Wildman–Crippen LogP) is 4.47. The highest BCUT2D eigenvalue weighted by molar-refractivity contribution is 5.94. The van der Waals surface area contributed by atoms with E-state index < -0.39 is 0 Å². The second-order valence-corrected chi connectivity index (χ2v) is 6.91. The van der Waals surface area contributed by atoms with Crippen molar-refractivity contribution in [3.63, 3.8) is 0 Å². The molecule has 4 heteroatoms. The summed E-state index contributed by atoms with van der Waals surface area (Å²) in [5.41, 5.74) is 5.18. The minimum Gasteiger partial charge on any atom is -0.330 e. The van der Waals surface area contributed by atoms with Gasteiger partial charge in [0, 0.05) is 35.4 Å². The molecule has 1 aliphatic heterocycles. The highest BCUT2D eigenvalue weighted by Gasteiger charge is 2.31. The summed E-state index contributed by atoms with van der Waals surface area (Å²) in [6, 6.07) is 18.1. The van der Waals surface area contributed by atoms with Gasteiger partial charge in [-0.25, -0.2) is 0 Å². The SMILES string of the molecule is Cc1ccc(C)n1-c1ccc(C(=O)N2CCCC2c2ccccn2)cc1. The summed E-state index contributed by atoms with van der Waals surface area (Å²) in [6.45, 7) is 4.97. The van der Waals surface area contributed by atoms with Crippen molar-refractivity contribution in [2.75, 3.05) is 6.54 Å². The molecule has 0 N–H and O–H groups in total. The lowest BCUT2D eigenvalue weighted by Gasteiger charge is -2.24. The summed E-state index contributed by atoms with van der Waals surface area (Å²) in [4.78, 5) is 19.5. The molecule has 26 heavy (non-hydrogen) atoms. The van der Waals surface area contributed by atoms with Gasteiger partial charge in [0.25, 0.3) is 5.91 Å². The van der Waals surface area contributed by atoms with Crippen LogP contribution in [0.1, 0.15) is 46.3 Å². The molecule has 0 aliphatic carbocycles. The van der Waals surface area contributed by atoms with Gasteiger partial charge in [0.2, 0.25) is 0 Å². The lowest BCUT2D eigenvalue weighted by molar-refractivity contribution is 0.0733. The summed E-state index contributed by atoms with van der Waals surface area (Å²) < 4.78 is 2.20. The van der Waals surface area contributed by atoms with E-state index in [1.165, 1.54) is 11.4 Å². The van der Waals surface area contributed by atoms with Gasteiger partial charge in [-0.2, -0.15) is 0 Å². The summed E-state index contributed by atoms with van der Waals surface area (Å²) in [5, 5.41) is 0. The first-order chi connectivity index (χ1) is 12.6. The molecule has 1 atom stereocenters. The molecule has 1 aromatic carbocycles. The normalized spacial score (nSPS) is 16.8. The molecule has 2 aromatic heterocycles. The maximum absolute atomic E-state index is 13.1. The number of pyridine rings is 1. The van der Waals surface area contributed by atoms with Crippen molar-refractivity contribution in [2.24, 2.45) is 0 Å². The number of benzene rings is 1. The molecule has 1 saturated heterocycles. The van der Waals surface area contributed by atoms with Gasteiger partial charge in [-0.3, -0.25) is 9.78 Å². The molecule has 3 heterocycles. The molecule has 0 bridgehead atoms. The highest BCUT2D eigenvalue weighted by Crippen LogP contribution is 2.32. The zero-order chi connectivity index (χ0) is 18.1. The number of hydrogen-bond donors (Lipinski definition) is 0. The zero-order valence-corrected chi connectivity index (χ0v) is 15.2. The fourth-order valence-corrected chi connectivity index (χ4v) is 3.88. The first-order valence-electron chi connectivity index (χ1n) is 9.12. The topological polar surface area (TPSA) is 38.1 Å². The zero-order valence-electron chi connectivity index (χ0n) is 15.2. The Morgan fingerprint density at radius 2 is 1.73 bits per heavy atom. The quantitative estimate of drug-likeness (QED) is 0.702. The fourth-order valence-electron chi connectivity index (χ4n) is 3.88. The third-order valence-electron chi connectivity index (χ3n) is 5.19. The molecular formula is C22H23N3O. The Hall–Kier alpha value is -2.88. The number of carbonyl (C=O) groups is 1. The number of aromatic nitrogens is 2. The number of nitrogens with zero attached hydrogens (tertiary/aromatic N) is 3. The minimum absolute atomic E-state index is 0.0808.